The molecular formula is C12H17BrN2O2. The summed E-state index contributed by atoms with van der Waals surface area (Å²) in [4.78, 5) is 16.1. The number of hydrogen-bond donors (Lipinski definition) is 1. The van der Waals surface area contributed by atoms with Crippen molar-refractivity contribution in [1.29, 1.82) is 0 Å². The molecule has 1 rings (SSSR count). The van der Waals surface area contributed by atoms with E-state index in [1.54, 1.807) is 12.3 Å². The summed E-state index contributed by atoms with van der Waals surface area (Å²) in [5.74, 6) is 0.810. The Balaban J connectivity index is 2.64. The summed E-state index contributed by atoms with van der Waals surface area (Å²) in [7, 11) is 1.52. The zero-order valence-electron chi connectivity index (χ0n) is 10.2. The molecule has 0 aliphatic heterocycles. The Morgan fingerprint density at radius 3 is 2.88 bits per heavy atom. The van der Waals surface area contributed by atoms with Gasteiger partial charge in [-0.05, 0) is 12.0 Å². The van der Waals surface area contributed by atoms with Crippen molar-refractivity contribution in [3.8, 4) is 5.75 Å². The predicted octanol–water partition coefficient (Wildman–Crippen LogP) is 2.24. The Bertz CT molecular complexity index is 383. The minimum Gasteiger partial charge on any atom is -0.494 e. The van der Waals surface area contributed by atoms with E-state index in [-0.39, 0.29) is 10.7 Å². The standard InChI is InChI=1S/C12H17BrN2O2/c1-8(2)10(13)6-15-12(16)9-4-5-14-7-11(9)17-3/h4-5,7-8,10H,6H2,1-3H3,(H,15,16). The molecule has 1 N–H and O–H groups in total. The zero-order valence-corrected chi connectivity index (χ0v) is 11.8. The van der Waals surface area contributed by atoms with Gasteiger partial charge in [-0.15, -0.1) is 0 Å². The molecule has 5 heteroatoms. The molecule has 0 radical (unpaired) electrons. The summed E-state index contributed by atoms with van der Waals surface area (Å²) in [5, 5.41) is 2.86. The van der Waals surface area contributed by atoms with E-state index in [2.05, 4.69) is 40.1 Å². The second-order valence-electron chi connectivity index (χ2n) is 4.05. The van der Waals surface area contributed by atoms with Gasteiger partial charge >= 0.3 is 0 Å². The van der Waals surface area contributed by atoms with E-state index in [0.717, 1.165) is 0 Å². The number of carbonyl (C=O) groups excluding carboxylic acids is 1. The smallest absolute Gasteiger partial charge is 0.255 e. The minimum absolute atomic E-state index is 0.144. The van der Waals surface area contributed by atoms with E-state index in [1.807, 2.05) is 0 Å². The number of rotatable bonds is 5. The molecule has 0 spiro atoms. The molecule has 17 heavy (non-hydrogen) atoms. The van der Waals surface area contributed by atoms with Gasteiger partial charge in [-0.2, -0.15) is 0 Å². The number of nitrogens with zero attached hydrogens (tertiary/aromatic N) is 1. The lowest BCUT2D eigenvalue weighted by Gasteiger charge is -2.15. The molecule has 0 fully saturated rings. The molecule has 0 bridgehead atoms. The van der Waals surface area contributed by atoms with Crippen molar-refractivity contribution in [3.63, 3.8) is 0 Å². The molecule has 94 valence electrons. The molecule has 0 aliphatic rings. The van der Waals surface area contributed by atoms with Crippen molar-refractivity contribution in [2.45, 2.75) is 18.7 Å². The van der Waals surface area contributed by atoms with Crippen molar-refractivity contribution in [3.05, 3.63) is 24.0 Å². The van der Waals surface area contributed by atoms with Crippen LogP contribution >= 0.6 is 15.9 Å². The molecule has 0 aromatic carbocycles. The highest BCUT2D eigenvalue weighted by atomic mass is 79.9. The molecule has 1 aromatic heterocycles. The summed E-state index contributed by atoms with van der Waals surface area (Å²) in [6, 6.07) is 1.65. The first-order chi connectivity index (χ1) is 8.06. The number of amides is 1. The van der Waals surface area contributed by atoms with Crippen LogP contribution in [0.3, 0.4) is 0 Å². The predicted molar refractivity (Wildman–Crippen MR) is 70.7 cm³/mol. The van der Waals surface area contributed by atoms with Crippen LogP contribution in [-0.4, -0.2) is 29.4 Å². The number of pyridine rings is 1. The van der Waals surface area contributed by atoms with Gasteiger partial charge in [0.2, 0.25) is 0 Å². The van der Waals surface area contributed by atoms with Crippen LogP contribution in [0.25, 0.3) is 0 Å². The van der Waals surface area contributed by atoms with Crippen LogP contribution < -0.4 is 10.1 Å². The van der Waals surface area contributed by atoms with E-state index in [4.69, 9.17) is 4.74 Å². The molecule has 1 atom stereocenters. The van der Waals surface area contributed by atoms with Gasteiger partial charge in [0, 0.05) is 17.6 Å². The quantitative estimate of drug-likeness (QED) is 0.849. The highest BCUT2D eigenvalue weighted by Crippen LogP contribution is 2.16. The van der Waals surface area contributed by atoms with Gasteiger partial charge in [0.25, 0.3) is 5.91 Å². The third kappa shape index (κ3) is 4.00. The maximum absolute atomic E-state index is 11.9. The summed E-state index contributed by atoms with van der Waals surface area (Å²) in [5.41, 5.74) is 0.506. The summed E-state index contributed by atoms with van der Waals surface area (Å²) in [6.07, 6.45) is 3.11. The molecular weight excluding hydrogens is 284 g/mol. The van der Waals surface area contributed by atoms with Gasteiger partial charge in [0.15, 0.2) is 0 Å². The second-order valence-corrected chi connectivity index (χ2v) is 5.22. The number of ether oxygens (including phenoxy) is 1. The Labute approximate surface area is 110 Å². The van der Waals surface area contributed by atoms with Crippen molar-refractivity contribution >= 4 is 21.8 Å². The molecule has 1 unspecified atom stereocenters. The Morgan fingerprint density at radius 2 is 2.29 bits per heavy atom. The molecule has 0 saturated heterocycles. The monoisotopic (exact) mass is 300 g/mol. The first-order valence-corrected chi connectivity index (χ1v) is 6.38. The van der Waals surface area contributed by atoms with E-state index in [9.17, 15) is 4.79 Å². The topological polar surface area (TPSA) is 51.2 Å². The van der Waals surface area contributed by atoms with Gasteiger partial charge < -0.3 is 10.1 Å². The number of halogens is 1. The Kier molecular flexibility index (Phi) is 5.41. The summed E-state index contributed by atoms with van der Waals surface area (Å²) < 4.78 is 5.09. The average molecular weight is 301 g/mol. The lowest BCUT2D eigenvalue weighted by molar-refractivity contribution is 0.0949. The van der Waals surface area contributed by atoms with Crippen LogP contribution in [0.15, 0.2) is 18.5 Å². The van der Waals surface area contributed by atoms with Crippen LogP contribution in [0.4, 0.5) is 0 Å². The third-order valence-electron chi connectivity index (χ3n) is 2.43. The third-order valence-corrected chi connectivity index (χ3v) is 3.81. The Morgan fingerprint density at radius 1 is 1.59 bits per heavy atom. The van der Waals surface area contributed by atoms with Crippen molar-refractivity contribution in [2.75, 3.05) is 13.7 Å². The zero-order chi connectivity index (χ0) is 12.8. The van der Waals surface area contributed by atoms with E-state index in [0.29, 0.717) is 23.8 Å². The fourth-order valence-corrected chi connectivity index (χ4v) is 1.41. The van der Waals surface area contributed by atoms with Gasteiger partial charge in [-0.25, -0.2) is 0 Å². The normalized spacial score (nSPS) is 12.3. The highest BCUT2D eigenvalue weighted by Gasteiger charge is 2.14. The second kappa shape index (κ2) is 6.59. The van der Waals surface area contributed by atoms with E-state index in [1.165, 1.54) is 13.3 Å². The number of hydrogen-bond acceptors (Lipinski definition) is 3. The lowest BCUT2D eigenvalue weighted by Crippen LogP contribution is -2.31. The van der Waals surface area contributed by atoms with Gasteiger partial charge in [0.1, 0.15) is 5.75 Å². The van der Waals surface area contributed by atoms with Gasteiger partial charge in [-0.3, -0.25) is 9.78 Å². The van der Waals surface area contributed by atoms with Crippen LogP contribution in [0.5, 0.6) is 5.75 Å². The summed E-state index contributed by atoms with van der Waals surface area (Å²) >= 11 is 3.52. The molecule has 0 saturated carbocycles. The van der Waals surface area contributed by atoms with E-state index >= 15 is 0 Å². The first-order valence-electron chi connectivity index (χ1n) is 5.46. The maximum atomic E-state index is 11.9. The number of methoxy groups -OCH3 is 1. The van der Waals surface area contributed by atoms with Crippen molar-refractivity contribution in [1.82, 2.24) is 10.3 Å². The fourth-order valence-electron chi connectivity index (χ4n) is 1.25. The summed E-state index contributed by atoms with van der Waals surface area (Å²) in [6.45, 7) is 4.78. The van der Waals surface area contributed by atoms with Crippen LogP contribution in [0, 0.1) is 5.92 Å². The maximum Gasteiger partial charge on any atom is 0.255 e. The number of alkyl halides is 1. The molecule has 1 amide bonds. The average Bonchev–Trinajstić information content (AvgIpc) is 2.35. The van der Waals surface area contributed by atoms with Crippen LogP contribution in [0.2, 0.25) is 0 Å². The lowest BCUT2D eigenvalue weighted by atomic mass is 10.1. The molecule has 1 heterocycles. The largest absolute Gasteiger partial charge is 0.494 e. The molecule has 4 nitrogen and oxygen atoms in total. The Hall–Kier alpha value is -1.10. The minimum atomic E-state index is -0.144. The van der Waals surface area contributed by atoms with Crippen molar-refractivity contribution in [2.24, 2.45) is 5.92 Å². The van der Waals surface area contributed by atoms with Gasteiger partial charge in [0.05, 0.1) is 18.9 Å². The van der Waals surface area contributed by atoms with Crippen molar-refractivity contribution < 1.29 is 9.53 Å². The fraction of sp³-hybridized carbons (Fsp3) is 0.500. The van der Waals surface area contributed by atoms with Crippen LogP contribution in [-0.2, 0) is 0 Å². The number of carbonyl (C=O) groups is 1. The number of nitrogens with one attached hydrogen (secondary N) is 1. The van der Waals surface area contributed by atoms with Gasteiger partial charge in [-0.1, -0.05) is 29.8 Å². The molecule has 0 aliphatic carbocycles. The van der Waals surface area contributed by atoms with Crippen LogP contribution in [0.1, 0.15) is 24.2 Å². The number of aromatic nitrogens is 1. The van der Waals surface area contributed by atoms with E-state index < -0.39 is 0 Å². The SMILES string of the molecule is COc1cnccc1C(=O)NCC(Br)C(C)C. The first kappa shape index (κ1) is 14.0. The highest BCUT2D eigenvalue weighted by molar-refractivity contribution is 9.09. The molecule has 1 aromatic rings.